The molecule has 0 aliphatic heterocycles. The maximum atomic E-state index is 9.82. The Morgan fingerprint density at radius 1 is 1.79 bits per heavy atom. The molecule has 1 aromatic rings. The minimum absolute atomic E-state index is 0.211. The first-order chi connectivity index (χ1) is 6.61. The maximum Gasteiger partial charge on any atom is 0.302 e. The summed E-state index contributed by atoms with van der Waals surface area (Å²) in [4.78, 5) is 12.6. The molecule has 0 amide bonds. The van der Waals surface area contributed by atoms with Gasteiger partial charge in [0.1, 0.15) is 11.8 Å². The fourth-order valence-electron chi connectivity index (χ4n) is 0.639. The lowest BCUT2D eigenvalue weighted by molar-refractivity contribution is -0.140. The van der Waals surface area contributed by atoms with Crippen LogP contribution in [0.3, 0.4) is 0 Å². The zero-order valence-electron chi connectivity index (χ0n) is 8.00. The number of rotatable bonds is 1. The number of esters is 1. The van der Waals surface area contributed by atoms with Gasteiger partial charge in [-0.15, -0.1) is 0 Å². The van der Waals surface area contributed by atoms with Crippen molar-refractivity contribution in [3.05, 3.63) is 22.4 Å². The number of aromatic nitrogens is 1. The molecule has 1 rings (SSSR count). The molecule has 0 bridgehead atoms. The van der Waals surface area contributed by atoms with Gasteiger partial charge in [-0.3, -0.25) is 4.79 Å². The van der Waals surface area contributed by atoms with Gasteiger partial charge in [-0.05, 0) is 28.9 Å². The molecule has 0 spiro atoms. The second-order valence-electron chi connectivity index (χ2n) is 2.24. The topological polar surface area (TPSA) is 65.9 Å². The number of aromatic amines is 1. The van der Waals surface area contributed by atoms with Crippen molar-refractivity contribution in [1.29, 1.82) is 5.26 Å². The molecule has 1 heterocycles. The van der Waals surface area contributed by atoms with E-state index >= 15 is 0 Å². The van der Waals surface area contributed by atoms with Gasteiger partial charge in [0.05, 0.1) is 11.1 Å². The Balaban J connectivity index is 0.000000255. The van der Waals surface area contributed by atoms with Crippen LogP contribution in [0.1, 0.15) is 19.5 Å². The van der Waals surface area contributed by atoms with Crippen LogP contribution in [0, 0.1) is 11.3 Å². The van der Waals surface area contributed by atoms with Crippen molar-refractivity contribution in [2.75, 3.05) is 6.61 Å². The Bertz CT molecular complexity index is 328. The summed E-state index contributed by atoms with van der Waals surface area (Å²) >= 11 is 3.17. The van der Waals surface area contributed by atoms with Crippen molar-refractivity contribution in [2.45, 2.75) is 13.8 Å². The van der Waals surface area contributed by atoms with Crippen LogP contribution in [0.5, 0.6) is 0 Å². The third-order valence-corrected chi connectivity index (χ3v) is 1.82. The van der Waals surface area contributed by atoms with Gasteiger partial charge in [0.15, 0.2) is 0 Å². The molecule has 5 heteroatoms. The predicted octanol–water partition coefficient (Wildman–Crippen LogP) is 2.22. The average molecular weight is 259 g/mol. The number of carbonyl (C=O) groups excluding carboxylic acids is 1. The van der Waals surface area contributed by atoms with Gasteiger partial charge in [0.25, 0.3) is 0 Å². The molecule has 0 aliphatic carbocycles. The van der Waals surface area contributed by atoms with E-state index in [0.29, 0.717) is 12.3 Å². The van der Waals surface area contributed by atoms with Crippen molar-refractivity contribution in [3.63, 3.8) is 0 Å². The van der Waals surface area contributed by atoms with Crippen molar-refractivity contribution < 1.29 is 9.53 Å². The van der Waals surface area contributed by atoms with Gasteiger partial charge >= 0.3 is 5.97 Å². The highest BCUT2D eigenvalue weighted by molar-refractivity contribution is 9.10. The largest absolute Gasteiger partial charge is 0.466 e. The number of nitrogens with zero attached hydrogens (tertiary/aromatic N) is 1. The lowest BCUT2D eigenvalue weighted by Gasteiger charge is -1.89. The van der Waals surface area contributed by atoms with Crippen LogP contribution < -0.4 is 0 Å². The first-order valence-corrected chi connectivity index (χ1v) is 4.77. The van der Waals surface area contributed by atoms with Crippen LogP contribution in [-0.4, -0.2) is 17.6 Å². The molecule has 76 valence electrons. The fraction of sp³-hybridized carbons (Fsp3) is 0.333. The first kappa shape index (κ1) is 12.7. The summed E-state index contributed by atoms with van der Waals surface area (Å²) in [5.74, 6) is -0.211. The van der Waals surface area contributed by atoms with Crippen LogP contribution in [0.25, 0.3) is 0 Å². The Hall–Kier alpha value is -1.28. The molecule has 0 aromatic carbocycles. The zero-order chi connectivity index (χ0) is 11.0. The number of halogens is 1. The molecular weight excluding hydrogens is 248 g/mol. The van der Waals surface area contributed by atoms with E-state index < -0.39 is 0 Å². The van der Waals surface area contributed by atoms with Crippen LogP contribution in [0.4, 0.5) is 0 Å². The molecule has 0 saturated heterocycles. The number of nitriles is 1. The van der Waals surface area contributed by atoms with Crippen molar-refractivity contribution in [2.24, 2.45) is 0 Å². The van der Waals surface area contributed by atoms with Crippen LogP contribution >= 0.6 is 15.9 Å². The number of nitrogens with one attached hydrogen (secondary N) is 1. The highest BCUT2D eigenvalue weighted by Crippen LogP contribution is 2.11. The standard InChI is InChI=1S/C5H3BrN2.C4H8O2/c6-4-1-2-8-5(4)3-7;1-3-6-4(2)5/h1-2,8H;3H2,1-2H3. The molecule has 0 radical (unpaired) electrons. The molecule has 0 fully saturated rings. The van der Waals surface area contributed by atoms with Gasteiger partial charge in [-0.25, -0.2) is 0 Å². The van der Waals surface area contributed by atoms with Gasteiger partial charge < -0.3 is 9.72 Å². The second-order valence-corrected chi connectivity index (χ2v) is 3.09. The Morgan fingerprint density at radius 2 is 2.43 bits per heavy atom. The minimum Gasteiger partial charge on any atom is -0.466 e. The van der Waals surface area contributed by atoms with Crippen LogP contribution in [0.2, 0.25) is 0 Å². The van der Waals surface area contributed by atoms with Crippen molar-refractivity contribution >= 4 is 21.9 Å². The second kappa shape index (κ2) is 7.15. The summed E-state index contributed by atoms with van der Waals surface area (Å²) < 4.78 is 5.22. The lowest BCUT2D eigenvalue weighted by Crippen LogP contribution is -1.95. The summed E-state index contributed by atoms with van der Waals surface area (Å²) in [7, 11) is 0. The molecule has 0 saturated carbocycles. The van der Waals surface area contributed by atoms with Crippen LogP contribution in [0.15, 0.2) is 16.7 Å². The van der Waals surface area contributed by atoms with Crippen molar-refractivity contribution in [3.8, 4) is 6.07 Å². The van der Waals surface area contributed by atoms with Gasteiger partial charge in [-0.2, -0.15) is 5.26 Å². The SMILES string of the molecule is CCOC(C)=O.N#Cc1[nH]ccc1Br. The number of ether oxygens (including phenoxy) is 1. The van der Waals surface area contributed by atoms with E-state index in [-0.39, 0.29) is 5.97 Å². The van der Waals surface area contributed by atoms with Gasteiger partial charge in [-0.1, -0.05) is 0 Å². The smallest absolute Gasteiger partial charge is 0.302 e. The van der Waals surface area contributed by atoms with E-state index in [2.05, 4.69) is 25.7 Å². The quantitative estimate of drug-likeness (QED) is 0.786. The number of carbonyl (C=O) groups is 1. The summed E-state index contributed by atoms with van der Waals surface area (Å²) in [6.45, 7) is 3.65. The number of hydrogen-bond donors (Lipinski definition) is 1. The van der Waals surface area contributed by atoms with E-state index in [9.17, 15) is 4.79 Å². The maximum absolute atomic E-state index is 9.82. The highest BCUT2D eigenvalue weighted by Gasteiger charge is 1.94. The molecule has 4 nitrogen and oxygen atoms in total. The minimum atomic E-state index is -0.211. The predicted molar refractivity (Wildman–Crippen MR) is 55.5 cm³/mol. The Kier molecular flexibility index (Phi) is 6.50. The zero-order valence-corrected chi connectivity index (χ0v) is 9.59. The monoisotopic (exact) mass is 258 g/mol. The normalized spacial score (nSPS) is 8.14. The highest BCUT2D eigenvalue weighted by atomic mass is 79.9. The summed E-state index contributed by atoms with van der Waals surface area (Å²) in [6, 6.07) is 3.76. The van der Waals surface area contributed by atoms with E-state index in [1.165, 1.54) is 6.92 Å². The molecule has 0 aliphatic rings. The fourth-order valence-corrected chi connectivity index (χ4v) is 0.975. The molecule has 1 N–H and O–H groups in total. The number of H-pyrrole nitrogens is 1. The Labute approximate surface area is 91.0 Å². The molecule has 14 heavy (non-hydrogen) atoms. The first-order valence-electron chi connectivity index (χ1n) is 3.98. The molecule has 0 atom stereocenters. The van der Waals surface area contributed by atoms with E-state index in [0.717, 1.165) is 4.47 Å². The Morgan fingerprint density at radius 3 is 2.57 bits per heavy atom. The van der Waals surface area contributed by atoms with Crippen LogP contribution in [-0.2, 0) is 9.53 Å². The molecule has 1 aromatic heterocycles. The van der Waals surface area contributed by atoms with Gasteiger partial charge in [0.2, 0.25) is 0 Å². The summed E-state index contributed by atoms with van der Waals surface area (Å²) in [5.41, 5.74) is 0.574. The van der Waals surface area contributed by atoms with Crippen molar-refractivity contribution in [1.82, 2.24) is 4.98 Å². The molecule has 0 unspecified atom stereocenters. The lowest BCUT2D eigenvalue weighted by atomic mass is 10.5. The summed E-state index contributed by atoms with van der Waals surface area (Å²) in [5, 5.41) is 8.30. The van der Waals surface area contributed by atoms with Gasteiger partial charge in [0, 0.05) is 13.1 Å². The van der Waals surface area contributed by atoms with E-state index in [4.69, 9.17) is 5.26 Å². The van der Waals surface area contributed by atoms with E-state index in [1.54, 1.807) is 19.2 Å². The third-order valence-electron chi connectivity index (χ3n) is 1.16. The average Bonchev–Trinajstić information content (AvgIpc) is 2.51. The summed E-state index contributed by atoms with van der Waals surface area (Å²) in [6.07, 6.45) is 1.71. The third kappa shape index (κ3) is 5.38. The van der Waals surface area contributed by atoms with E-state index in [1.807, 2.05) is 6.07 Å². The molecular formula is C9H11BrN2O2. The number of hydrogen-bond acceptors (Lipinski definition) is 3.